The average molecular weight is 425 g/mol. The third kappa shape index (κ3) is 5.39. The summed E-state index contributed by atoms with van der Waals surface area (Å²) in [6.07, 6.45) is 0.00728. The predicted octanol–water partition coefficient (Wildman–Crippen LogP) is 4.84. The van der Waals surface area contributed by atoms with Gasteiger partial charge in [0, 0.05) is 11.8 Å². The molecule has 156 valence electrons. The molecule has 0 unspecified atom stereocenters. The highest BCUT2D eigenvalue weighted by Gasteiger charge is 2.18. The summed E-state index contributed by atoms with van der Waals surface area (Å²) in [4.78, 5) is 13.0. The molecule has 0 bridgehead atoms. The van der Waals surface area contributed by atoms with Gasteiger partial charge in [0.15, 0.2) is 0 Å². The number of anilines is 2. The molecule has 0 spiro atoms. The summed E-state index contributed by atoms with van der Waals surface area (Å²) in [7, 11) is -3.83. The van der Waals surface area contributed by atoms with E-state index in [-0.39, 0.29) is 22.3 Å². The molecular weight excluding hydrogens is 400 g/mol. The number of nitrogens with one attached hydrogen (secondary N) is 2. The van der Waals surface area contributed by atoms with Crippen molar-refractivity contribution in [2.75, 3.05) is 10.0 Å². The molecule has 2 N–H and O–H groups in total. The van der Waals surface area contributed by atoms with Crippen LogP contribution in [0, 0.1) is 6.92 Å². The highest BCUT2D eigenvalue weighted by atomic mass is 32.2. The van der Waals surface area contributed by atoms with Gasteiger partial charge in [-0.2, -0.15) is 0 Å². The molecule has 6 nitrogen and oxygen atoms in total. The zero-order valence-corrected chi connectivity index (χ0v) is 17.9. The molecule has 1 amide bonds. The van der Waals surface area contributed by atoms with Gasteiger partial charge in [0.2, 0.25) is 0 Å². The monoisotopic (exact) mass is 424 g/mol. The van der Waals surface area contributed by atoms with Crippen LogP contribution in [0.5, 0.6) is 5.75 Å². The lowest BCUT2D eigenvalue weighted by atomic mass is 10.1. The minimum atomic E-state index is -3.83. The lowest BCUT2D eigenvalue weighted by Crippen LogP contribution is -2.18. The zero-order valence-electron chi connectivity index (χ0n) is 17.0. The van der Waals surface area contributed by atoms with Crippen molar-refractivity contribution in [2.45, 2.75) is 31.8 Å². The Morgan fingerprint density at radius 1 is 0.933 bits per heavy atom. The van der Waals surface area contributed by atoms with Gasteiger partial charge < -0.3 is 10.1 Å². The quantitative estimate of drug-likeness (QED) is 0.569. The molecule has 0 radical (unpaired) electrons. The first-order valence-corrected chi connectivity index (χ1v) is 11.0. The number of carbonyl (C=O) groups is 1. The second-order valence-corrected chi connectivity index (χ2v) is 8.80. The minimum Gasteiger partial charge on any atom is -0.491 e. The zero-order chi connectivity index (χ0) is 21.7. The second kappa shape index (κ2) is 9.00. The Balaban J connectivity index is 1.83. The molecule has 0 aliphatic heterocycles. The normalized spacial score (nSPS) is 11.2. The lowest BCUT2D eigenvalue weighted by Gasteiger charge is -2.14. The van der Waals surface area contributed by atoms with Crippen LogP contribution in [-0.2, 0) is 10.0 Å². The number of sulfonamides is 1. The largest absolute Gasteiger partial charge is 0.491 e. The molecule has 0 fully saturated rings. The molecule has 0 saturated heterocycles. The van der Waals surface area contributed by atoms with Crippen molar-refractivity contribution in [3.05, 3.63) is 83.9 Å². The lowest BCUT2D eigenvalue weighted by molar-refractivity contribution is 0.102. The van der Waals surface area contributed by atoms with Crippen molar-refractivity contribution in [3.8, 4) is 5.75 Å². The number of carbonyl (C=O) groups excluding carboxylic acids is 1. The standard InChI is InChI=1S/C23H24N2O4S/c1-16(2)29-19-8-6-7-18(15-19)24-23(26)21-9-4-5-10-22(21)25-30(27,28)20-13-11-17(3)12-14-20/h4-16,25H,1-3H3,(H,24,26). The van der Waals surface area contributed by atoms with Crippen molar-refractivity contribution in [3.63, 3.8) is 0 Å². The van der Waals surface area contributed by atoms with Gasteiger partial charge in [0.05, 0.1) is 22.3 Å². The van der Waals surface area contributed by atoms with Gasteiger partial charge in [-0.1, -0.05) is 35.9 Å². The minimum absolute atomic E-state index is 0.00728. The Morgan fingerprint density at radius 3 is 2.33 bits per heavy atom. The maximum absolute atomic E-state index is 12.8. The molecule has 30 heavy (non-hydrogen) atoms. The van der Waals surface area contributed by atoms with Gasteiger partial charge in [0.25, 0.3) is 15.9 Å². The van der Waals surface area contributed by atoms with E-state index in [4.69, 9.17) is 4.74 Å². The molecule has 7 heteroatoms. The summed E-state index contributed by atoms with van der Waals surface area (Å²) in [6, 6.07) is 20.0. The third-order valence-corrected chi connectivity index (χ3v) is 5.59. The maximum atomic E-state index is 12.8. The molecule has 0 aromatic heterocycles. The van der Waals surface area contributed by atoms with Crippen molar-refractivity contribution >= 4 is 27.3 Å². The van der Waals surface area contributed by atoms with Gasteiger partial charge in [-0.15, -0.1) is 0 Å². The number of rotatable bonds is 7. The SMILES string of the molecule is Cc1ccc(S(=O)(=O)Nc2ccccc2C(=O)Nc2cccc(OC(C)C)c2)cc1. The van der Waals surface area contributed by atoms with Gasteiger partial charge in [-0.05, 0) is 57.2 Å². The third-order valence-electron chi connectivity index (χ3n) is 4.21. The number of ether oxygens (including phenoxy) is 1. The van der Waals surface area contributed by atoms with Crippen molar-refractivity contribution in [1.29, 1.82) is 0 Å². The Morgan fingerprint density at radius 2 is 1.63 bits per heavy atom. The summed E-state index contributed by atoms with van der Waals surface area (Å²) in [5, 5.41) is 2.79. The van der Waals surface area contributed by atoms with Crippen LogP contribution in [0.1, 0.15) is 29.8 Å². The smallest absolute Gasteiger partial charge is 0.261 e. The Hall–Kier alpha value is -3.32. The van der Waals surface area contributed by atoms with Gasteiger partial charge in [0.1, 0.15) is 5.75 Å². The van der Waals surface area contributed by atoms with E-state index in [1.54, 1.807) is 60.7 Å². The Labute approximate surface area is 177 Å². The number of amides is 1. The van der Waals surface area contributed by atoms with Crippen LogP contribution in [0.2, 0.25) is 0 Å². The van der Waals surface area contributed by atoms with E-state index in [1.165, 1.54) is 12.1 Å². The summed E-state index contributed by atoms with van der Waals surface area (Å²) in [6.45, 7) is 5.72. The second-order valence-electron chi connectivity index (χ2n) is 7.11. The van der Waals surface area contributed by atoms with E-state index >= 15 is 0 Å². The molecule has 3 aromatic rings. The summed E-state index contributed by atoms with van der Waals surface area (Å²) < 4.78 is 33.6. The fourth-order valence-electron chi connectivity index (χ4n) is 2.81. The van der Waals surface area contributed by atoms with Crippen molar-refractivity contribution in [2.24, 2.45) is 0 Å². The summed E-state index contributed by atoms with van der Waals surface area (Å²) in [5.41, 5.74) is 1.92. The molecule has 0 heterocycles. The molecular formula is C23H24N2O4S. The summed E-state index contributed by atoms with van der Waals surface area (Å²) in [5.74, 6) is 0.204. The number of benzene rings is 3. The topological polar surface area (TPSA) is 84.5 Å². The van der Waals surface area contributed by atoms with Gasteiger partial charge >= 0.3 is 0 Å². The van der Waals surface area contributed by atoms with Crippen LogP contribution in [0.25, 0.3) is 0 Å². The maximum Gasteiger partial charge on any atom is 0.261 e. The van der Waals surface area contributed by atoms with Crippen LogP contribution < -0.4 is 14.8 Å². The Kier molecular flexibility index (Phi) is 6.42. The molecule has 3 rings (SSSR count). The average Bonchev–Trinajstić information content (AvgIpc) is 2.68. The van der Waals surface area contributed by atoms with Crippen molar-refractivity contribution in [1.82, 2.24) is 0 Å². The predicted molar refractivity (Wildman–Crippen MR) is 119 cm³/mol. The molecule has 0 atom stereocenters. The molecule has 3 aromatic carbocycles. The highest BCUT2D eigenvalue weighted by Crippen LogP contribution is 2.23. The van der Waals surface area contributed by atoms with Crippen LogP contribution in [-0.4, -0.2) is 20.4 Å². The van der Waals surface area contributed by atoms with E-state index in [1.807, 2.05) is 20.8 Å². The van der Waals surface area contributed by atoms with Crippen LogP contribution in [0.3, 0.4) is 0 Å². The Bertz CT molecular complexity index is 1140. The molecule has 0 saturated carbocycles. The highest BCUT2D eigenvalue weighted by molar-refractivity contribution is 7.92. The fraction of sp³-hybridized carbons (Fsp3) is 0.174. The summed E-state index contributed by atoms with van der Waals surface area (Å²) >= 11 is 0. The number of hydrogen-bond donors (Lipinski definition) is 2. The van der Waals surface area contributed by atoms with Gasteiger partial charge in [-0.25, -0.2) is 8.42 Å². The number of hydrogen-bond acceptors (Lipinski definition) is 4. The van der Waals surface area contributed by atoms with E-state index < -0.39 is 15.9 Å². The number of aryl methyl sites for hydroxylation is 1. The fourth-order valence-corrected chi connectivity index (χ4v) is 3.89. The number of para-hydroxylation sites is 1. The molecule has 0 aliphatic rings. The van der Waals surface area contributed by atoms with E-state index in [2.05, 4.69) is 10.0 Å². The van der Waals surface area contributed by atoms with Crippen LogP contribution in [0.15, 0.2) is 77.7 Å². The van der Waals surface area contributed by atoms with E-state index in [0.29, 0.717) is 11.4 Å². The first-order chi connectivity index (χ1) is 14.2. The van der Waals surface area contributed by atoms with Gasteiger partial charge in [-0.3, -0.25) is 9.52 Å². The van der Waals surface area contributed by atoms with Crippen LogP contribution in [0.4, 0.5) is 11.4 Å². The first kappa shape index (κ1) is 21.4. The van der Waals surface area contributed by atoms with E-state index in [0.717, 1.165) is 5.56 Å². The van der Waals surface area contributed by atoms with E-state index in [9.17, 15) is 13.2 Å². The molecule has 0 aliphatic carbocycles. The van der Waals surface area contributed by atoms with Crippen molar-refractivity contribution < 1.29 is 17.9 Å². The van der Waals surface area contributed by atoms with Crippen LogP contribution >= 0.6 is 0 Å². The first-order valence-electron chi connectivity index (χ1n) is 9.51.